The van der Waals surface area contributed by atoms with Crippen molar-refractivity contribution in [1.29, 1.82) is 0 Å². The van der Waals surface area contributed by atoms with Crippen molar-refractivity contribution < 1.29 is 4.74 Å². The maximum absolute atomic E-state index is 5.06. The first-order valence-electron chi connectivity index (χ1n) is 7.19. The van der Waals surface area contributed by atoms with E-state index in [0.717, 1.165) is 47.2 Å². The molecular formula is C15H19N5OS. The van der Waals surface area contributed by atoms with E-state index in [4.69, 9.17) is 4.74 Å². The van der Waals surface area contributed by atoms with Gasteiger partial charge in [0.25, 0.3) is 0 Å². The highest BCUT2D eigenvalue weighted by Gasteiger charge is 2.11. The van der Waals surface area contributed by atoms with Gasteiger partial charge in [0.15, 0.2) is 5.82 Å². The van der Waals surface area contributed by atoms with Crippen LogP contribution in [0.1, 0.15) is 17.8 Å². The van der Waals surface area contributed by atoms with Crippen LogP contribution in [0.25, 0.3) is 10.2 Å². The fourth-order valence-electron chi connectivity index (χ4n) is 2.33. The van der Waals surface area contributed by atoms with Crippen LogP contribution in [-0.4, -0.2) is 33.5 Å². The molecule has 0 aromatic carbocycles. The number of hydrogen-bond acceptors (Lipinski definition) is 6. The number of methoxy groups -OCH3 is 1. The van der Waals surface area contributed by atoms with E-state index in [1.807, 2.05) is 23.9 Å². The smallest absolute Gasteiger partial charge is 0.153 e. The minimum atomic E-state index is 0.739. The molecule has 0 aliphatic heterocycles. The molecule has 3 aromatic rings. The molecule has 3 rings (SSSR count). The molecule has 0 saturated carbocycles. The third-order valence-electron chi connectivity index (χ3n) is 3.35. The van der Waals surface area contributed by atoms with Crippen LogP contribution in [0, 0.1) is 13.8 Å². The van der Waals surface area contributed by atoms with Gasteiger partial charge >= 0.3 is 0 Å². The summed E-state index contributed by atoms with van der Waals surface area (Å²) < 4.78 is 6.97. The molecule has 6 nitrogen and oxygen atoms in total. The van der Waals surface area contributed by atoms with Crippen LogP contribution in [0.4, 0.5) is 11.6 Å². The van der Waals surface area contributed by atoms with Gasteiger partial charge in [0.05, 0.1) is 5.39 Å². The number of aryl methyl sites for hydroxylation is 3. The van der Waals surface area contributed by atoms with Gasteiger partial charge < -0.3 is 10.1 Å². The standard InChI is InChI=1S/C15H19N5OS/c1-10-9-22-15-13(10)14(16-11(2)17-15)18-12-5-7-20(19-12)6-4-8-21-3/h5,7,9H,4,6,8H2,1-3H3,(H,16,17,18,19). The van der Waals surface area contributed by atoms with Gasteiger partial charge in [-0.05, 0) is 31.2 Å². The molecule has 22 heavy (non-hydrogen) atoms. The fraction of sp³-hybridized carbons (Fsp3) is 0.400. The second kappa shape index (κ2) is 6.41. The van der Waals surface area contributed by atoms with Gasteiger partial charge in [-0.2, -0.15) is 5.10 Å². The van der Waals surface area contributed by atoms with Crippen LogP contribution < -0.4 is 5.32 Å². The first-order chi connectivity index (χ1) is 10.7. The van der Waals surface area contributed by atoms with Crippen molar-refractivity contribution in [2.75, 3.05) is 19.0 Å². The van der Waals surface area contributed by atoms with Crippen LogP contribution in [0.15, 0.2) is 17.6 Å². The Morgan fingerprint density at radius 2 is 2.18 bits per heavy atom. The van der Waals surface area contributed by atoms with Crippen LogP contribution >= 0.6 is 11.3 Å². The largest absolute Gasteiger partial charge is 0.385 e. The Morgan fingerprint density at radius 1 is 1.32 bits per heavy atom. The number of thiophene rings is 1. The quantitative estimate of drug-likeness (QED) is 0.707. The predicted molar refractivity (Wildman–Crippen MR) is 88.9 cm³/mol. The Bertz CT molecular complexity index is 779. The minimum absolute atomic E-state index is 0.739. The van der Waals surface area contributed by atoms with Gasteiger partial charge in [-0.25, -0.2) is 9.97 Å². The van der Waals surface area contributed by atoms with Gasteiger partial charge in [0.1, 0.15) is 16.5 Å². The van der Waals surface area contributed by atoms with Crippen molar-refractivity contribution in [3.8, 4) is 0 Å². The summed E-state index contributed by atoms with van der Waals surface area (Å²) in [6, 6.07) is 1.96. The lowest BCUT2D eigenvalue weighted by molar-refractivity contribution is 0.189. The van der Waals surface area contributed by atoms with E-state index in [1.54, 1.807) is 18.4 Å². The van der Waals surface area contributed by atoms with Gasteiger partial charge in [-0.3, -0.25) is 4.68 Å². The third kappa shape index (κ3) is 3.10. The Kier molecular flexibility index (Phi) is 4.35. The number of aromatic nitrogens is 4. The average Bonchev–Trinajstić information content (AvgIpc) is 3.06. The van der Waals surface area contributed by atoms with E-state index < -0.39 is 0 Å². The Morgan fingerprint density at radius 3 is 3.00 bits per heavy atom. The predicted octanol–water partition coefficient (Wildman–Crippen LogP) is 3.28. The van der Waals surface area contributed by atoms with E-state index in [0.29, 0.717) is 0 Å². The zero-order valence-electron chi connectivity index (χ0n) is 13.0. The van der Waals surface area contributed by atoms with E-state index >= 15 is 0 Å². The molecule has 0 saturated heterocycles. The van der Waals surface area contributed by atoms with E-state index in [1.165, 1.54) is 5.56 Å². The Hall–Kier alpha value is -1.99. The topological polar surface area (TPSA) is 64.9 Å². The number of anilines is 2. The zero-order chi connectivity index (χ0) is 15.5. The maximum Gasteiger partial charge on any atom is 0.153 e. The van der Waals surface area contributed by atoms with Crippen molar-refractivity contribution >= 4 is 33.2 Å². The van der Waals surface area contributed by atoms with Crippen molar-refractivity contribution in [2.24, 2.45) is 0 Å². The molecule has 3 aromatic heterocycles. The molecule has 0 aliphatic carbocycles. The summed E-state index contributed by atoms with van der Waals surface area (Å²) in [7, 11) is 1.71. The van der Waals surface area contributed by atoms with Gasteiger partial charge in [-0.1, -0.05) is 0 Å². The van der Waals surface area contributed by atoms with E-state index in [9.17, 15) is 0 Å². The second-order valence-corrected chi connectivity index (χ2v) is 6.01. The van der Waals surface area contributed by atoms with Crippen molar-refractivity contribution in [2.45, 2.75) is 26.8 Å². The van der Waals surface area contributed by atoms with Gasteiger partial charge in [0.2, 0.25) is 0 Å². The van der Waals surface area contributed by atoms with Gasteiger partial charge in [0, 0.05) is 32.5 Å². The zero-order valence-corrected chi connectivity index (χ0v) is 13.8. The van der Waals surface area contributed by atoms with Crippen molar-refractivity contribution in [3.63, 3.8) is 0 Å². The fourth-order valence-corrected chi connectivity index (χ4v) is 3.29. The number of hydrogen-bond donors (Lipinski definition) is 1. The molecule has 1 N–H and O–H groups in total. The summed E-state index contributed by atoms with van der Waals surface area (Å²) in [6.07, 6.45) is 2.90. The molecule has 0 aliphatic rings. The summed E-state index contributed by atoms with van der Waals surface area (Å²) in [5, 5.41) is 11.0. The second-order valence-electron chi connectivity index (χ2n) is 5.15. The van der Waals surface area contributed by atoms with Gasteiger partial charge in [-0.15, -0.1) is 11.3 Å². The van der Waals surface area contributed by atoms with Crippen LogP contribution in [-0.2, 0) is 11.3 Å². The Balaban J connectivity index is 1.82. The molecule has 0 bridgehead atoms. The number of nitrogens with zero attached hydrogens (tertiary/aromatic N) is 4. The summed E-state index contributed by atoms with van der Waals surface area (Å²) in [5.74, 6) is 2.38. The average molecular weight is 317 g/mol. The lowest BCUT2D eigenvalue weighted by Crippen LogP contribution is -2.03. The molecule has 0 fully saturated rings. The number of fused-ring (bicyclic) bond motifs is 1. The normalized spacial score (nSPS) is 11.2. The maximum atomic E-state index is 5.06. The van der Waals surface area contributed by atoms with E-state index in [2.05, 4.69) is 32.7 Å². The molecule has 0 amide bonds. The molecule has 7 heteroatoms. The summed E-state index contributed by atoms with van der Waals surface area (Å²) >= 11 is 1.64. The molecule has 0 unspecified atom stereocenters. The highest BCUT2D eigenvalue weighted by atomic mass is 32.1. The number of rotatable bonds is 6. The first-order valence-corrected chi connectivity index (χ1v) is 8.07. The van der Waals surface area contributed by atoms with Crippen molar-refractivity contribution in [3.05, 3.63) is 29.0 Å². The van der Waals surface area contributed by atoms with Crippen molar-refractivity contribution in [1.82, 2.24) is 19.7 Å². The summed E-state index contributed by atoms with van der Waals surface area (Å²) in [4.78, 5) is 10.0. The summed E-state index contributed by atoms with van der Waals surface area (Å²) in [6.45, 7) is 5.56. The molecular weight excluding hydrogens is 298 g/mol. The highest BCUT2D eigenvalue weighted by Crippen LogP contribution is 2.30. The monoisotopic (exact) mass is 317 g/mol. The highest BCUT2D eigenvalue weighted by molar-refractivity contribution is 7.17. The molecule has 0 atom stereocenters. The molecule has 3 heterocycles. The lowest BCUT2D eigenvalue weighted by Gasteiger charge is -2.06. The van der Waals surface area contributed by atoms with Crippen LogP contribution in [0.2, 0.25) is 0 Å². The van der Waals surface area contributed by atoms with E-state index in [-0.39, 0.29) is 0 Å². The minimum Gasteiger partial charge on any atom is -0.385 e. The lowest BCUT2D eigenvalue weighted by atomic mass is 10.2. The van der Waals surface area contributed by atoms with Crippen LogP contribution in [0.3, 0.4) is 0 Å². The summed E-state index contributed by atoms with van der Waals surface area (Å²) in [5.41, 5.74) is 1.18. The van der Waals surface area contributed by atoms with Crippen LogP contribution in [0.5, 0.6) is 0 Å². The molecule has 0 spiro atoms. The number of nitrogens with one attached hydrogen (secondary N) is 1. The molecule has 0 radical (unpaired) electrons. The number of ether oxygens (including phenoxy) is 1. The Labute approximate surface area is 133 Å². The third-order valence-corrected chi connectivity index (χ3v) is 4.34. The SMILES string of the molecule is COCCCn1ccc(Nc2nc(C)nc3scc(C)c23)n1. The first kappa shape index (κ1) is 14.9. The molecule has 116 valence electrons.